The molecule has 0 aliphatic carbocycles. The number of amides is 1. The molecule has 0 atom stereocenters. The van der Waals surface area contributed by atoms with E-state index in [-0.39, 0.29) is 5.91 Å². The molecule has 1 rings (SSSR count). The number of likely N-dealkylation sites (N-methyl/N-ethyl adjacent to an activating group) is 1. The molecule has 0 spiro atoms. The number of nitrogens with two attached hydrogens (primary N) is 1. The molecule has 0 saturated carbocycles. The second-order valence-corrected chi connectivity index (χ2v) is 4.27. The van der Waals surface area contributed by atoms with Crippen LogP contribution < -0.4 is 5.73 Å². The van der Waals surface area contributed by atoms with Gasteiger partial charge in [0.05, 0.1) is 0 Å². The van der Waals surface area contributed by atoms with Crippen LogP contribution >= 0.6 is 22.6 Å². The van der Waals surface area contributed by atoms with Crippen molar-refractivity contribution in [1.29, 1.82) is 0 Å². The Morgan fingerprint density at radius 3 is 2.50 bits per heavy atom. The molecule has 0 bridgehead atoms. The van der Waals surface area contributed by atoms with Crippen molar-refractivity contribution in [3.63, 3.8) is 0 Å². The summed E-state index contributed by atoms with van der Waals surface area (Å²) in [7, 11) is 1.76. The molecule has 0 fully saturated rings. The average molecular weight is 304 g/mol. The van der Waals surface area contributed by atoms with Gasteiger partial charge in [0.2, 0.25) is 0 Å². The minimum Gasteiger partial charge on any atom is -0.340 e. The van der Waals surface area contributed by atoms with Gasteiger partial charge in [0.1, 0.15) is 0 Å². The zero-order valence-corrected chi connectivity index (χ0v) is 10.2. The van der Waals surface area contributed by atoms with Gasteiger partial charge in [-0.1, -0.05) is 0 Å². The van der Waals surface area contributed by atoms with E-state index in [4.69, 9.17) is 5.73 Å². The lowest BCUT2D eigenvalue weighted by molar-refractivity contribution is 0.0799. The number of carbonyl (C=O) groups is 1. The number of hydrogen-bond acceptors (Lipinski definition) is 2. The summed E-state index contributed by atoms with van der Waals surface area (Å²) in [6.45, 7) is 1.08. The predicted molar refractivity (Wildman–Crippen MR) is 65.2 cm³/mol. The molecule has 1 amide bonds. The molecule has 4 heteroatoms. The Labute approximate surface area is 97.4 Å². The van der Waals surface area contributed by atoms with Gasteiger partial charge in [-0.05, 0) is 46.9 Å². The van der Waals surface area contributed by atoms with Crippen LogP contribution in [0, 0.1) is 3.57 Å². The van der Waals surface area contributed by atoms with Gasteiger partial charge in [-0.2, -0.15) is 0 Å². The van der Waals surface area contributed by atoms with Crippen molar-refractivity contribution in [2.24, 2.45) is 5.73 Å². The number of halogens is 1. The lowest BCUT2D eigenvalue weighted by Crippen LogP contribution is -2.31. The molecule has 3 nitrogen and oxygen atoms in total. The highest BCUT2D eigenvalue weighted by molar-refractivity contribution is 14.1. The van der Waals surface area contributed by atoms with Crippen LogP contribution in [0.25, 0.3) is 0 Å². The first-order valence-corrected chi connectivity index (χ1v) is 5.44. The van der Waals surface area contributed by atoms with Crippen molar-refractivity contribution in [2.75, 3.05) is 20.1 Å². The minimum absolute atomic E-state index is 0.0202. The van der Waals surface area contributed by atoms with Gasteiger partial charge in [0.25, 0.3) is 5.91 Å². The van der Waals surface area contributed by atoms with Crippen molar-refractivity contribution in [1.82, 2.24) is 4.90 Å². The van der Waals surface area contributed by atoms with E-state index in [2.05, 4.69) is 22.6 Å². The maximum absolute atomic E-state index is 11.7. The summed E-state index contributed by atoms with van der Waals surface area (Å²) in [5.41, 5.74) is 6.08. The summed E-state index contributed by atoms with van der Waals surface area (Å²) in [6.07, 6.45) is 0. The van der Waals surface area contributed by atoms with Crippen LogP contribution in [0.5, 0.6) is 0 Å². The van der Waals surface area contributed by atoms with E-state index in [1.807, 2.05) is 24.3 Å². The molecular weight excluding hydrogens is 291 g/mol. The van der Waals surface area contributed by atoms with Gasteiger partial charge in [0, 0.05) is 29.3 Å². The fourth-order valence-electron chi connectivity index (χ4n) is 1.11. The van der Waals surface area contributed by atoms with Crippen LogP contribution in [-0.2, 0) is 0 Å². The average Bonchev–Trinajstić information content (AvgIpc) is 2.18. The van der Waals surface area contributed by atoms with Gasteiger partial charge in [0.15, 0.2) is 0 Å². The second kappa shape index (κ2) is 5.31. The molecule has 0 saturated heterocycles. The Hall–Kier alpha value is -0.620. The number of nitrogens with zero attached hydrogens (tertiary/aromatic N) is 1. The molecule has 0 aliphatic heterocycles. The summed E-state index contributed by atoms with van der Waals surface area (Å²) >= 11 is 2.21. The first-order valence-electron chi connectivity index (χ1n) is 4.36. The fraction of sp³-hybridized carbons (Fsp3) is 0.300. The quantitative estimate of drug-likeness (QED) is 0.856. The molecule has 76 valence electrons. The van der Waals surface area contributed by atoms with Gasteiger partial charge in [-0.3, -0.25) is 4.79 Å². The lowest BCUT2D eigenvalue weighted by atomic mass is 10.2. The Kier molecular flexibility index (Phi) is 4.34. The summed E-state index contributed by atoms with van der Waals surface area (Å²) in [4.78, 5) is 13.3. The zero-order chi connectivity index (χ0) is 10.6. The summed E-state index contributed by atoms with van der Waals surface area (Å²) in [6, 6.07) is 7.50. The summed E-state index contributed by atoms with van der Waals surface area (Å²) in [5, 5.41) is 0. The smallest absolute Gasteiger partial charge is 0.253 e. The Bertz CT molecular complexity index is 310. The van der Waals surface area contributed by atoms with E-state index < -0.39 is 0 Å². The van der Waals surface area contributed by atoms with Crippen molar-refractivity contribution in [2.45, 2.75) is 0 Å². The number of carbonyl (C=O) groups excluding carboxylic acids is 1. The summed E-state index contributed by atoms with van der Waals surface area (Å²) in [5.74, 6) is 0.0202. The van der Waals surface area contributed by atoms with Crippen LogP contribution in [0.2, 0.25) is 0 Å². The van der Waals surface area contributed by atoms with Gasteiger partial charge >= 0.3 is 0 Å². The molecule has 0 unspecified atom stereocenters. The third kappa shape index (κ3) is 2.95. The molecule has 1 aromatic carbocycles. The van der Waals surface area contributed by atoms with E-state index in [1.165, 1.54) is 0 Å². The SMILES string of the molecule is CN(CCN)C(=O)c1ccc(I)cc1. The van der Waals surface area contributed by atoms with Crippen LogP contribution in [0.4, 0.5) is 0 Å². The third-order valence-corrected chi connectivity index (χ3v) is 2.62. The van der Waals surface area contributed by atoms with E-state index >= 15 is 0 Å². The third-order valence-electron chi connectivity index (χ3n) is 1.90. The number of benzene rings is 1. The van der Waals surface area contributed by atoms with E-state index in [1.54, 1.807) is 11.9 Å². The second-order valence-electron chi connectivity index (χ2n) is 3.02. The van der Waals surface area contributed by atoms with Gasteiger partial charge in [-0.15, -0.1) is 0 Å². The maximum Gasteiger partial charge on any atom is 0.253 e. The molecule has 0 aliphatic rings. The van der Waals surface area contributed by atoms with E-state index in [0.29, 0.717) is 18.7 Å². The van der Waals surface area contributed by atoms with Crippen molar-refractivity contribution < 1.29 is 4.79 Å². The highest BCUT2D eigenvalue weighted by Gasteiger charge is 2.09. The monoisotopic (exact) mass is 304 g/mol. The van der Waals surface area contributed by atoms with Gasteiger partial charge in [-0.25, -0.2) is 0 Å². The number of hydrogen-bond donors (Lipinski definition) is 1. The van der Waals surface area contributed by atoms with E-state index in [9.17, 15) is 4.79 Å². The molecule has 2 N–H and O–H groups in total. The van der Waals surface area contributed by atoms with Crippen LogP contribution in [0.1, 0.15) is 10.4 Å². The summed E-state index contributed by atoms with van der Waals surface area (Å²) < 4.78 is 1.13. The van der Waals surface area contributed by atoms with Crippen molar-refractivity contribution >= 4 is 28.5 Å². The van der Waals surface area contributed by atoms with Crippen LogP contribution in [0.3, 0.4) is 0 Å². The minimum atomic E-state index is 0.0202. The molecule has 1 aromatic rings. The number of rotatable bonds is 3. The Morgan fingerprint density at radius 1 is 1.43 bits per heavy atom. The van der Waals surface area contributed by atoms with Gasteiger partial charge < -0.3 is 10.6 Å². The van der Waals surface area contributed by atoms with Crippen LogP contribution in [0.15, 0.2) is 24.3 Å². The standard InChI is InChI=1S/C10H13IN2O/c1-13(7-6-12)10(14)8-2-4-9(11)5-3-8/h2-5H,6-7,12H2,1H3. The molecule has 0 radical (unpaired) electrons. The highest BCUT2D eigenvalue weighted by Crippen LogP contribution is 2.08. The first kappa shape index (κ1) is 11.5. The van der Waals surface area contributed by atoms with Crippen LogP contribution in [-0.4, -0.2) is 30.9 Å². The first-order chi connectivity index (χ1) is 6.65. The topological polar surface area (TPSA) is 46.3 Å². The normalized spacial score (nSPS) is 9.93. The Morgan fingerprint density at radius 2 is 2.00 bits per heavy atom. The zero-order valence-electron chi connectivity index (χ0n) is 8.03. The molecule has 14 heavy (non-hydrogen) atoms. The molecule has 0 aromatic heterocycles. The molecule has 0 heterocycles. The molecular formula is C10H13IN2O. The predicted octanol–water partition coefficient (Wildman–Crippen LogP) is 1.32. The lowest BCUT2D eigenvalue weighted by Gasteiger charge is -2.15. The maximum atomic E-state index is 11.7. The largest absolute Gasteiger partial charge is 0.340 e. The van der Waals surface area contributed by atoms with Crippen molar-refractivity contribution in [3.05, 3.63) is 33.4 Å². The Balaban J connectivity index is 2.74. The van der Waals surface area contributed by atoms with Crippen molar-refractivity contribution in [3.8, 4) is 0 Å². The van der Waals surface area contributed by atoms with E-state index in [0.717, 1.165) is 3.57 Å². The fourth-order valence-corrected chi connectivity index (χ4v) is 1.47. The highest BCUT2D eigenvalue weighted by atomic mass is 127.